The fourth-order valence-corrected chi connectivity index (χ4v) is 1.94. The molecule has 17 heavy (non-hydrogen) atoms. The summed E-state index contributed by atoms with van der Waals surface area (Å²) >= 11 is 5.59. The molecule has 0 spiro atoms. The van der Waals surface area contributed by atoms with Crippen LogP contribution >= 0.6 is 11.6 Å². The van der Waals surface area contributed by atoms with Gasteiger partial charge in [-0.1, -0.05) is 0 Å². The standard InChI is InChI=1S/C11H14ClNO4/c1-11(16)4-5-13(6-8(11)14)10(15)7-2-3-9(12)17-7/h2-3,8,14,16H,4-6H2,1H3. The van der Waals surface area contributed by atoms with Crippen molar-refractivity contribution in [1.82, 2.24) is 4.90 Å². The molecule has 1 aromatic heterocycles. The second-order valence-corrected chi connectivity index (χ2v) is 4.85. The second kappa shape index (κ2) is 4.33. The number of piperidine rings is 1. The van der Waals surface area contributed by atoms with Crippen molar-refractivity contribution in [3.05, 3.63) is 23.1 Å². The minimum absolute atomic E-state index is 0.0875. The predicted molar refractivity (Wildman–Crippen MR) is 60.9 cm³/mol. The Hall–Kier alpha value is -1.04. The minimum Gasteiger partial charge on any atom is -0.440 e. The van der Waals surface area contributed by atoms with Gasteiger partial charge in [-0.25, -0.2) is 0 Å². The van der Waals surface area contributed by atoms with Crippen molar-refractivity contribution >= 4 is 17.5 Å². The molecule has 94 valence electrons. The van der Waals surface area contributed by atoms with Gasteiger partial charge < -0.3 is 19.5 Å². The first-order valence-electron chi connectivity index (χ1n) is 5.35. The van der Waals surface area contributed by atoms with Crippen molar-refractivity contribution < 1.29 is 19.4 Å². The van der Waals surface area contributed by atoms with Crippen molar-refractivity contribution in [2.24, 2.45) is 0 Å². The van der Waals surface area contributed by atoms with E-state index < -0.39 is 11.7 Å². The number of hydrogen-bond donors (Lipinski definition) is 2. The van der Waals surface area contributed by atoms with Crippen molar-refractivity contribution in [2.45, 2.75) is 25.0 Å². The molecule has 0 aliphatic carbocycles. The van der Waals surface area contributed by atoms with E-state index in [1.165, 1.54) is 17.0 Å². The Morgan fingerprint density at radius 1 is 1.65 bits per heavy atom. The lowest BCUT2D eigenvalue weighted by Gasteiger charge is -2.39. The molecule has 1 amide bonds. The summed E-state index contributed by atoms with van der Waals surface area (Å²) in [5.41, 5.74) is -1.14. The normalized spacial score (nSPS) is 29.4. The smallest absolute Gasteiger partial charge is 0.289 e. The fourth-order valence-electron chi connectivity index (χ4n) is 1.79. The summed E-state index contributed by atoms with van der Waals surface area (Å²) in [6.45, 7) is 2.02. The average molecular weight is 260 g/mol. The average Bonchev–Trinajstić information content (AvgIpc) is 2.68. The van der Waals surface area contributed by atoms with E-state index >= 15 is 0 Å². The van der Waals surface area contributed by atoms with Crippen LogP contribution in [0.15, 0.2) is 16.5 Å². The second-order valence-electron chi connectivity index (χ2n) is 4.48. The molecule has 5 nitrogen and oxygen atoms in total. The summed E-state index contributed by atoms with van der Waals surface area (Å²) in [4.78, 5) is 13.4. The third-order valence-electron chi connectivity index (χ3n) is 3.07. The number of furan rings is 1. The summed E-state index contributed by atoms with van der Waals surface area (Å²) < 4.78 is 5.02. The summed E-state index contributed by atoms with van der Waals surface area (Å²) in [6.07, 6.45) is -0.625. The maximum Gasteiger partial charge on any atom is 0.289 e. The van der Waals surface area contributed by atoms with E-state index in [2.05, 4.69) is 0 Å². The largest absolute Gasteiger partial charge is 0.440 e. The maximum absolute atomic E-state index is 12.0. The van der Waals surface area contributed by atoms with Crippen molar-refractivity contribution in [3.63, 3.8) is 0 Å². The molecule has 1 saturated heterocycles. The summed E-state index contributed by atoms with van der Waals surface area (Å²) in [5.74, 6) is -0.185. The number of amides is 1. The third kappa shape index (κ3) is 2.46. The molecule has 0 aromatic carbocycles. The molecule has 1 aromatic rings. The highest BCUT2D eigenvalue weighted by Crippen LogP contribution is 2.24. The molecule has 0 bridgehead atoms. The topological polar surface area (TPSA) is 73.9 Å². The number of β-amino-alcohol motifs (C(OH)–C–C–N with tert-alkyl or cyclic N) is 1. The van der Waals surface area contributed by atoms with Crippen LogP contribution < -0.4 is 0 Å². The van der Waals surface area contributed by atoms with Crippen molar-refractivity contribution in [2.75, 3.05) is 13.1 Å². The van der Waals surface area contributed by atoms with Crippen LogP contribution in [0.1, 0.15) is 23.9 Å². The van der Waals surface area contributed by atoms with Gasteiger partial charge in [0.15, 0.2) is 11.0 Å². The molecular weight excluding hydrogens is 246 g/mol. The highest BCUT2D eigenvalue weighted by atomic mass is 35.5. The van der Waals surface area contributed by atoms with Gasteiger partial charge in [0.1, 0.15) is 0 Å². The molecule has 1 fully saturated rings. The molecule has 0 saturated carbocycles. The van der Waals surface area contributed by atoms with Gasteiger partial charge in [0.2, 0.25) is 0 Å². The summed E-state index contributed by atoms with van der Waals surface area (Å²) in [7, 11) is 0. The molecule has 2 rings (SSSR count). The van der Waals surface area contributed by atoms with Gasteiger partial charge in [0.05, 0.1) is 11.7 Å². The van der Waals surface area contributed by atoms with Crippen LogP contribution in [0, 0.1) is 0 Å². The zero-order valence-corrected chi connectivity index (χ0v) is 10.1. The quantitative estimate of drug-likeness (QED) is 0.786. The first-order valence-corrected chi connectivity index (χ1v) is 5.73. The van der Waals surface area contributed by atoms with E-state index in [1.807, 2.05) is 0 Å². The SMILES string of the molecule is CC1(O)CCN(C(=O)c2ccc(Cl)o2)CC1O. The van der Waals surface area contributed by atoms with E-state index in [0.29, 0.717) is 13.0 Å². The Morgan fingerprint density at radius 2 is 2.35 bits per heavy atom. The van der Waals surface area contributed by atoms with Crippen LogP contribution in [0.25, 0.3) is 0 Å². The number of carbonyl (C=O) groups is 1. The Kier molecular flexibility index (Phi) is 3.16. The van der Waals surface area contributed by atoms with Crippen LogP contribution in [0.3, 0.4) is 0 Å². The molecule has 1 aliphatic heterocycles. The first-order chi connectivity index (χ1) is 7.90. The number of aliphatic hydroxyl groups excluding tert-OH is 1. The van der Waals surface area contributed by atoms with E-state index in [1.54, 1.807) is 6.92 Å². The lowest BCUT2D eigenvalue weighted by Crippen LogP contribution is -2.55. The van der Waals surface area contributed by atoms with Crippen molar-refractivity contribution in [1.29, 1.82) is 0 Å². The van der Waals surface area contributed by atoms with Gasteiger partial charge in [0.25, 0.3) is 5.91 Å². The zero-order chi connectivity index (χ0) is 12.6. The maximum atomic E-state index is 12.0. The Labute approximate surface area is 104 Å². The van der Waals surface area contributed by atoms with E-state index in [4.69, 9.17) is 16.0 Å². The van der Waals surface area contributed by atoms with Crippen molar-refractivity contribution in [3.8, 4) is 0 Å². The molecule has 2 atom stereocenters. The lowest BCUT2D eigenvalue weighted by atomic mass is 9.91. The summed E-state index contributed by atoms with van der Waals surface area (Å²) in [6, 6.07) is 2.98. The van der Waals surface area contributed by atoms with Gasteiger partial charge in [0, 0.05) is 13.1 Å². The molecule has 2 unspecified atom stereocenters. The highest BCUT2D eigenvalue weighted by molar-refractivity contribution is 6.29. The predicted octanol–water partition coefficient (Wildman–Crippen LogP) is 0.891. The van der Waals surface area contributed by atoms with E-state index in [9.17, 15) is 15.0 Å². The zero-order valence-electron chi connectivity index (χ0n) is 9.39. The van der Waals surface area contributed by atoms with Crippen LogP contribution in [0.5, 0.6) is 0 Å². The monoisotopic (exact) mass is 259 g/mol. The Bertz CT molecular complexity index is 429. The van der Waals surface area contributed by atoms with Crippen LogP contribution in [0.2, 0.25) is 5.22 Å². The number of likely N-dealkylation sites (tertiary alicyclic amines) is 1. The molecule has 2 N–H and O–H groups in total. The highest BCUT2D eigenvalue weighted by Gasteiger charge is 2.38. The van der Waals surface area contributed by atoms with Crippen LogP contribution in [-0.4, -0.2) is 45.8 Å². The molecule has 6 heteroatoms. The fraction of sp³-hybridized carbons (Fsp3) is 0.545. The van der Waals surface area contributed by atoms with Gasteiger partial charge in [-0.3, -0.25) is 4.79 Å². The minimum atomic E-state index is -1.14. The Morgan fingerprint density at radius 3 is 2.88 bits per heavy atom. The number of rotatable bonds is 1. The summed E-state index contributed by atoms with van der Waals surface area (Å²) in [5, 5.41) is 19.6. The molecule has 2 heterocycles. The number of aliphatic hydroxyl groups is 2. The third-order valence-corrected chi connectivity index (χ3v) is 3.27. The Balaban J connectivity index is 2.08. The molecule has 1 aliphatic rings. The van der Waals surface area contributed by atoms with E-state index in [0.717, 1.165) is 0 Å². The number of halogens is 1. The molecular formula is C11H14ClNO4. The van der Waals surface area contributed by atoms with Gasteiger partial charge in [-0.2, -0.15) is 0 Å². The number of carbonyl (C=O) groups excluding carboxylic acids is 1. The molecule has 0 radical (unpaired) electrons. The van der Waals surface area contributed by atoms with Crippen LogP contribution in [0.4, 0.5) is 0 Å². The first kappa shape index (κ1) is 12.4. The van der Waals surface area contributed by atoms with E-state index in [-0.39, 0.29) is 23.4 Å². The van der Waals surface area contributed by atoms with Gasteiger partial charge in [-0.15, -0.1) is 0 Å². The lowest BCUT2D eigenvalue weighted by molar-refractivity contribution is -0.100. The number of nitrogens with zero attached hydrogens (tertiary/aromatic N) is 1. The van der Waals surface area contributed by atoms with Crippen LogP contribution in [-0.2, 0) is 0 Å². The van der Waals surface area contributed by atoms with Gasteiger partial charge >= 0.3 is 0 Å². The van der Waals surface area contributed by atoms with Gasteiger partial charge in [-0.05, 0) is 37.1 Å². The number of hydrogen-bond acceptors (Lipinski definition) is 4.